The van der Waals surface area contributed by atoms with Crippen molar-refractivity contribution in [2.75, 3.05) is 0 Å². The van der Waals surface area contributed by atoms with E-state index in [0.29, 0.717) is 4.34 Å². The zero-order chi connectivity index (χ0) is 14.8. The van der Waals surface area contributed by atoms with Crippen molar-refractivity contribution in [1.29, 1.82) is 0 Å². The summed E-state index contributed by atoms with van der Waals surface area (Å²) in [5.74, 6) is 0.187. The molecule has 1 heterocycles. The third-order valence-electron chi connectivity index (χ3n) is 3.52. The molecule has 3 N–H and O–H groups in total. The Kier molecular flexibility index (Phi) is 5.42. The van der Waals surface area contributed by atoms with Gasteiger partial charge in [0.1, 0.15) is 4.21 Å². The van der Waals surface area contributed by atoms with Gasteiger partial charge in [-0.25, -0.2) is 13.1 Å². The second kappa shape index (κ2) is 6.70. The van der Waals surface area contributed by atoms with Gasteiger partial charge in [-0.1, -0.05) is 43.1 Å². The van der Waals surface area contributed by atoms with Gasteiger partial charge in [-0.2, -0.15) is 0 Å². The van der Waals surface area contributed by atoms with Crippen LogP contribution in [0, 0.1) is 5.92 Å². The summed E-state index contributed by atoms with van der Waals surface area (Å²) in [5.41, 5.74) is 5.74. The minimum absolute atomic E-state index is 0.187. The van der Waals surface area contributed by atoms with Gasteiger partial charge in [0.2, 0.25) is 0 Å². The molecule has 1 atom stereocenters. The van der Waals surface area contributed by atoms with Crippen molar-refractivity contribution >= 4 is 50.2 Å². The van der Waals surface area contributed by atoms with Crippen molar-refractivity contribution in [2.45, 2.75) is 42.4 Å². The predicted molar refractivity (Wildman–Crippen MR) is 86.8 cm³/mol. The normalized spacial score (nSPS) is 18.9. The number of thiophene rings is 1. The van der Waals surface area contributed by atoms with Gasteiger partial charge in [-0.3, -0.25) is 0 Å². The summed E-state index contributed by atoms with van der Waals surface area (Å²) in [6.07, 6.45) is 5.28. The van der Waals surface area contributed by atoms with Gasteiger partial charge in [-0.15, -0.1) is 11.3 Å². The van der Waals surface area contributed by atoms with Crippen LogP contribution < -0.4 is 10.5 Å². The van der Waals surface area contributed by atoms with E-state index < -0.39 is 16.1 Å². The van der Waals surface area contributed by atoms with E-state index in [1.165, 1.54) is 12.5 Å². The molecule has 1 aromatic rings. The highest BCUT2D eigenvalue weighted by atomic mass is 35.5. The molecule has 0 aromatic carbocycles. The third kappa shape index (κ3) is 3.92. The number of nitrogens with two attached hydrogens (primary N) is 1. The maximum absolute atomic E-state index is 12.3. The van der Waals surface area contributed by atoms with Gasteiger partial charge in [0.15, 0.2) is 0 Å². The Balaban J connectivity index is 2.17. The van der Waals surface area contributed by atoms with Crippen molar-refractivity contribution in [2.24, 2.45) is 11.7 Å². The van der Waals surface area contributed by atoms with Crippen LogP contribution in [0.3, 0.4) is 0 Å². The molecule has 0 radical (unpaired) electrons. The highest BCUT2D eigenvalue weighted by Gasteiger charge is 2.30. The van der Waals surface area contributed by atoms with Crippen LogP contribution in [0.5, 0.6) is 0 Å². The molecule has 1 fully saturated rings. The molecule has 0 bridgehead atoms. The monoisotopic (exact) mass is 352 g/mol. The topological polar surface area (TPSA) is 72.2 Å². The van der Waals surface area contributed by atoms with Crippen molar-refractivity contribution in [3.8, 4) is 0 Å². The molecule has 0 amide bonds. The van der Waals surface area contributed by atoms with Gasteiger partial charge in [-0.05, 0) is 30.9 Å². The molecule has 0 saturated heterocycles. The molecule has 0 aliphatic heterocycles. The van der Waals surface area contributed by atoms with Crippen LogP contribution in [0.4, 0.5) is 0 Å². The summed E-state index contributed by atoms with van der Waals surface area (Å²) in [6.45, 7) is 0. The lowest BCUT2D eigenvalue weighted by molar-refractivity contribution is 0.330. The number of rotatable bonds is 5. The average molecular weight is 353 g/mol. The Morgan fingerprint density at radius 3 is 2.55 bits per heavy atom. The van der Waals surface area contributed by atoms with Gasteiger partial charge in [0.05, 0.1) is 15.4 Å². The smallest absolute Gasteiger partial charge is 0.250 e. The molecule has 4 nitrogen and oxygen atoms in total. The van der Waals surface area contributed by atoms with E-state index in [9.17, 15) is 8.42 Å². The number of sulfonamides is 1. The average Bonchev–Trinajstić information content (AvgIpc) is 2.84. The van der Waals surface area contributed by atoms with Crippen LogP contribution in [0.1, 0.15) is 32.1 Å². The molecule has 112 valence electrons. The first-order chi connectivity index (χ1) is 9.40. The van der Waals surface area contributed by atoms with E-state index in [1.54, 1.807) is 6.07 Å². The lowest BCUT2D eigenvalue weighted by Crippen LogP contribution is -2.48. The molecular weight excluding hydrogens is 336 g/mol. The second-order valence-corrected chi connectivity index (χ2v) is 9.09. The summed E-state index contributed by atoms with van der Waals surface area (Å²) in [5, 5.41) is 0. The maximum atomic E-state index is 12.3. The fraction of sp³-hybridized carbons (Fsp3) is 0.583. The molecule has 1 aliphatic carbocycles. The number of nitrogens with one attached hydrogen (secondary N) is 1. The highest BCUT2D eigenvalue weighted by Crippen LogP contribution is 2.29. The summed E-state index contributed by atoms with van der Waals surface area (Å²) in [7, 11) is -3.62. The van der Waals surface area contributed by atoms with Gasteiger partial charge >= 0.3 is 0 Å². The van der Waals surface area contributed by atoms with E-state index in [1.807, 2.05) is 0 Å². The van der Waals surface area contributed by atoms with Crippen molar-refractivity contribution in [3.05, 3.63) is 16.5 Å². The van der Waals surface area contributed by atoms with E-state index >= 15 is 0 Å². The Morgan fingerprint density at radius 1 is 1.40 bits per heavy atom. The van der Waals surface area contributed by atoms with Crippen LogP contribution in [0.2, 0.25) is 4.34 Å². The second-order valence-electron chi connectivity index (χ2n) is 4.96. The Morgan fingerprint density at radius 2 is 2.05 bits per heavy atom. The Labute approximate surface area is 133 Å². The molecule has 1 aromatic heterocycles. The van der Waals surface area contributed by atoms with Crippen LogP contribution in [0.25, 0.3) is 0 Å². The van der Waals surface area contributed by atoms with E-state index in [2.05, 4.69) is 4.72 Å². The van der Waals surface area contributed by atoms with E-state index in [4.69, 9.17) is 29.6 Å². The Bertz CT molecular complexity index is 579. The predicted octanol–water partition coefficient (Wildman–Crippen LogP) is 2.91. The van der Waals surface area contributed by atoms with Gasteiger partial charge in [0, 0.05) is 0 Å². The summed E-state index contributed by atoms with van der Waals surface area (Å²) in [6, 6.07) is 2.58. The maximum Gasteiger partial charge on any atom is 0.250 e. The van der Waals surface area contributed by atoms with Crippen molar-refractivity contribution in [1.82, 2.24) is 4.72 Å². The van der Waals surface area contributed by atoms with Crippen LogP contribution in [-0.4, -0.2) is 19.4 Å². The van der Waals surface area contributed by atoms with Crippen LogP contribution in [-0.2, 0) is 10.0 Å². The number of thiocarbonyl (C=S) groups is 1. The van der Waals surface area contributed by atoms with Crippen LogP contribution in [0.15, 0.2) is 16.3 Å². The highest BCUT2D eigenvalue weighted by molar-refractivity contribution is 7.91. The third-order valence-corrected chi connectivity index (χ3v) is 6.94. The molecule has 0 spiro atoms. The molecule has 2 rings (SSSR count). The first-order valence-electron chi connectivity index (χ1n) is 6.47. The zero-order valence-electron chi connectivity index (χ0n) is 10.8. The minimum atomic E-state index is -3.62. The number of hydrogen-bond acceptors (Lipinski definition) is 4. The Hall–Kier alpha value is -0.210. The summed E-state index contributed by atoms with van der Waals surface area (Å²) < 4.78 is 27.9. The molecule has 1 unspecified atom stereocenters. The quantitative estimate of drug-likeness (QED) is 0.799. The fourth-order valence-electron chi connectivity index (χ4n) is 2.52. The number of halogens is 1. The van der Waals surface area contributed by atoms with Crippen molar-refractivity contribution in [3.63, 3.8) is 0 Å². The molecular formula is C12H17ClN2O2S3. The summed E-state index contributed by atoms with van der Waals surface area (Å²) in [4.78, 5) is 0.211. The van der Waals surface area contributed by atoms with Gasteiger partial charge < -0.3 is 5.73 Å². The molecule has 8 heteroatoms. The molecule has 1 aliphatic rings. The van der Waals surface area contributed by atoms with Crippen molar-refractivity contribution < 1.29 is 8.42 Å². The SMILES string of the molecule is NC(=S)C(NS(=O)(=O)c1ccc(Cl)s1)C1CCCCC1. The lowest BCUT2D eigenvalue weighted by atomic mass is 9.84. The standard InChI is InChI=1S/C12H17ClN2O2S3/c13-9-6-7-10(19-9)20(16,17)15-11(12(14)18)8-4-2-1-3-5-8/h6-8,11,15H,1-5H2,(H2,14,18). The largest absolute Gasteiger partial charge is 0.392 e. The van der Waals surface area contributed by atoms with Gasteiger partial charge in [0.25, 0.3) is 10.0 Å². The number of hydrogen-bond donors (Lipinski definition) is 2. The van der Waals surface area contributed by atoms with E-state index in [0.717, 1.165) is 37.0 Å². The van der Waals surface area contributed by atoms with Crippen LogP contribution >= 0.6 is 35.2 Å². The minimum Gasteiger partial charge on any atom is -0.392 e. The van der Waals surface area contributed by atoms with E-state index in [-0.39, 0.29) is 15.1 Å². The zero-order valence-corrected chi connectivity index (χ0v) is 14.0. The fourth-order valence-corrected chi connectivity index (χ4v) is 5.63. The first kappa shape index (κ1) is 16.2. The molecule has 20 heavy (non-hydrogen) atoms. The molecule has 1 saturated carbocycles. The lowest BCUT2D eigenvalue weighted by Gasteiger charge is -2.29. The summed E-state index contributed by atoms with van der Waals surface area (Å²) >= 11 is 11.9. The first-order valence-corrected chi connectivity index (χ1v) is 9.56.